The average Bonchev–Trinajstić information content (AvgIpc) is 3.12. The summed E-state index contributed by atoms with van der Waals surface area (Å²) in [5.74, 6) is -3.66. The zero-order valence-corrected chi connectivity index (χ0v) is 30.3. The van der Waals surface area contributed by atoms with Crippen LogP contribution in [0.2, 0.25) is 0 Å². The van der Waals surface area contributed by atoms with E-state index in [9.17, 15) is 45.5 Å². The van der Waals surface area contributed by atoms with Gasteiger partial charge in [-0.1, -0.05) is 91.3 Å². The molecule has 0 heterocycles. The molecule has 0 saturated heterocycles. The Hall–Kier alpha value is -5.41. The van der Waals surface area contributed by atoms with Crippen LogP contribution < -0.4 is 11.1 Å². The van der Waals surface area contributed by atoms with Crippen LogP contribution in [-0.2, 0) is 44.3 Å². The quantitative estimate of drug-likeness (QED) is 0.114. The van der Waals surface area contributed by atoms with Crippen molar-refractivity contribution in [1.82, 2.24) is 5.32 Å². The van der Waals surface area contributed by atoms with E-state index in [-0.39, 0.29) is 32.2 Å². The summed E-state index contributed by atoms with van der Waals surface area (Å²) in [5, 5.41) is 10.8. The first-order valence-electron chi connectivity index (χ1n) is 15.7. The standard InChI is InChI=1S/C19H18F3NO3.C11H15NO2.C8H5F3O2.CH4.ClH/c1-12-7-9-13(10-8-12)11-16(18(25)26-2)23-17(24)14-5-3-4-6-15(14)19(20,21)22;1-8-3-5-9(6-4-8)7-10(12)11(13)14-2;9-8(10,11)6-4-2-1-3-5(6)7(12)13;;/h3-10,16H,11H2,1-2H3,(H,23,24);3-6,10H,7,12H2,1-2H3;1-4H,(H,12,13);1H4;1H. The molecule has 0 spiro atoms. The lowest BCUT2D eigenvalue weighted by Gasteiger charge is -2.18. The molecule has 4 rings (SSSR count). The van der Waals surface area contributed by atoms with Crippen molar-refractivity contribution in [2.24, 2.45) is 5.73 Å². The third-order valence-corrected chi connectivity index (χ3v) is 7.37. The SMILES string of the molecule is C.COC(=O)C(Cc1ccc(C)cc1)NC(=O)c1ccccc1C(F)(F)F.COC(=O)C(N)Cc1ccc(C)cc1.Cl.O=C(O)c1ccccc1C(F)(F)F. The van der Waals surface area contributed by atoms with Crippen LogP contribution in [-0.4, -0.2) is 55.2 Å². The van der Waals surface area contributed by atoms with Crippen LogP contribution in [0, 0.1) is 13.8 Å². The molecule has 4 aromatic carbocycles. The third-order valence-electron chi connectivity index (χ3n) is 7.37. The number of aryl methyl sites for hydroxylation is 2. The highest BCUT2D eigenvalue weighted by Gasteiger charge is 2.36. The highest BCUT2D eigenvalue weighted by Crippen LogP contribution is 2.32. The normalized spacial score (nSPS) is 11.6. The van der Waals surface area contributed by atoms with Crippen LogP contribution >= 0.6 is 12.4 Å². The molecule has 0 aliphatic carbocycles. The number of amides is 1. The highest BCUT2D eigenvalue weighted by atomic mass is 35.5. The van der Waals surface area contributed by atoms with E-state index in [2.05, 4.69) is 14.8 Å². The number of carboxylic acids is 1. The number of carboxylic acid groups (broad SMARTS) is 1. The summed E-state index contributed by atoms with van der Waals surface area (Å²) in [5.41, 5.74) is 6.18. The van der Waals surface area contributed by atoms with Gasteiger partial charge in [-0.2, -0.15) is 26.3 Å². The molecule has 4 aromatic rings. The molecule has 0 aliphatic rings. The molecule has 2 atom stereocenters. The molecule has 0 fully saturated rings. The fourth-order valence-electron chi connectivity index (χ4n) is 4.59. The summed E-state index contributed by atoms with van der Waals surface area (Å²) >= 11 is 0. The van der Waals surface area contributed by atoms with E-state index < -0.39 is 64.5 Å². The first-order valence-corrected chi connectivity index (χ1v) is 15.7. The Morgan fingerprint density at radius 1 is 0.655 bits per heavy atom. The van der Waals surface area contributed by atoms with Gasteiger partial charge in [0.1, 0.15) is 12.1 Å². The number of rotatable bonds is 9. The van der Waals surface area contributed by atoms with Crippen molar-refractivity contribution < 1.29 is 60.1 Å². The first kappa shape index (κ1) is 49.6. The largest absolute Gasteiger partial charge is 0.478 e. The molecule has 300 valence electrons. The monoisotopic (exact) mass is 800 g/mol. The van der Waals surface area contributed by atoms with Gasteiger partial charge in [0.15, 0.2) is 0 Å². The van der Waals surface area contributed by atoms with Crippen LogP contribution in [0.15, 0.2) is 97.1 Å². The predicted molar refractivity (Wildman–Crippen MR) is 197 cm³/mol. The number of esters is 2. The average molecular weight is 801 g/mol. The van der Waals surface area contributed by atoms with Crippen LogP contribution in [0.1, 0.15) is 61.5 Å². The maximum Gasteiger partial charge on any atom is 0.417 e. The van der Waals surface area contributed by atoms with Gasteiger partial charge >= 0.3 is 30.3 Å². The minimum absolute atomic E-state index is 0. The number of ether oxygens (including phenoxy) is 2. The molecule has 0 bridgehead atoms. The summed E-state index contributed by atoms with van der Waals surface area (Å²) in [4.78, 5) is 45.7. The van der Waals surface area contributed by atoms with Crippen molar-refractivity contribution in [3.63, 3.8) is 0 Å². The number of carbonyl (C=O) groups excluding carboxylic acids is 3. The van der Waals surface area contributed by atoms with E-state index in [1.165, 1.54) is 30.9 Å². The molecule has 9 nitrogen and oxygen atoms in total. The van der Waals surface area contributed by atoms with Crippen molar-refractivity contribution in [3.8, 4) is 0 Å². The maximum absolute atomic E-state index is 13.1. The highest BCUT2D eigenvalue weighted by molar-refractivity contribution is 5.98. The number of nitrogens with one attached hydrogen (secondary N) is 1. The van der Waals surface area contributed by atoms with Crippen LogP contribution in [0.25, 0.3) is 0 Å². The number of hydrogen-bond donors (Lipinski definition) is 3. The van der Waals surface area contributed by atoms with Gasteiger partial charge in [-0.3, -0.25) is 9.59 Å². The Bertz CT molecular complexity index is 1830. The van der Waals surface area contributed by atoms with Gasteiger partial charge in [0.05, 0.1) is 36.5 Å². The number of nitrogens with two attached hydrogens (primary N) is 1. The van der Waals surface area contributed by atoms with E-state index in [1.807, 2.05) is 50.2 Å². The molecule has 0 radical (unpaired) electrons. The summed E-state index contributed by atoms with van der Waals surface area (Å²) in [7, 11) is 2.50. The second-order valence-electron chi connectivity index (χ2n) is 11.5. The summed E-state index contributed by atoms with van der Waals surface area (Å²) in [6, 6.07) is 22.0. The Kier molecular flexibility index (Phi) is 20.5. The Morgan fingerprint density at radius 3 is 1.42 bits per heavy atom. The lowest BCUT2D eigenvalue weighted by Crippen LogP contribution is -2.43. The fourth-order valence-corrected chi connectivity index (χ4v) is 4.59. The number of alkyl halides is 6. The molecule has 2 unspecified atom stereocenters. The minimum atomic E-state index is -4.67. The number of carbonyl (C=O) groups is 4. The topological polar surface area (TPSA) is 145 Å². The van der Waals surface area contributed by atoms with Gasteiger partial charge in [0.2, 0.25) is 0 Å². The van der Waals surface area contributed by atoms with Crippen molar-refractivity contribution in [3.05, 3.63) is 142 Å². The van der Waals surface area contributed by atoms with Gasteiger partial charge in [0, 0.05) is 6.42 Å². The lowest BCUT2D eigenvalue weighted by atomic mass is 10.0. The minimum Gasteiger partial charge on any atom is -0.478 e. The van der Waals surface area contributed by atoms with E-state index >= 15 is 0 Å². The van der Waals surface area contributed by atoms with E-state index in [4.69, 9.17) is 10.8 Å². The van der Waals surface area contributed by atoms with Crippen LogP contribution in [0.3, 0.4) is 0 Å². The summed E-state index contributed by atoms with van der Waals surface area (Å²) in [6.07, 6.45) is -8.67. The number of methoxy groups -OCH3 is 2. The molecule has 16 heteroatoms. The predicted octanol–water partition coefficient (Wildman–Crippen LogP) is 8.03. The van der Waals surface area contributed by atoms with Crippen molar-refractivity contribution in [2.75, 3.05) is 14.2 Å². The summed E-state index contributed by atoms with van der Waals surface area (Å²) < 4.78 is 84.9. The number of hydrogen-bond acceptors (Lipinski definition) is 7. The van der Waals surface area contributed by atoms with Crippen LogP contribution in [0.4, 0.5) is 26.3 Å². The molecule has 4 N–H and O–H groups in total. The zero-order valence-electron chi connectivity index (χ0n) is 29.5. The van der Waals surface area contributed by atoms with Gasteiger partial charge in [-0.15, -0.1) is 12.4 Å². The second kappa shape index (κ2) is 22.7. The Morgan fingerprint density at radius 2 is 1.04 bits per heavy atom. The molecule has 1 amide bonds. The molecule has 55 heavy (non-hydrogen) atoms. The summed E-state index contributed by atoms with van der Waals surface area (Å²) in [6.45, 7) is 3.92. The van der Waals surface area contributed by atoms with Gasteiger partial charge < -0.3 is 25.6 Å². The van der Waals surface area contributed by atoms with Crippen LogP contribution in [0.5, 0.6) is 0 Å². The van der Waals surface area contributed by atoms with Gasteiger partial charge in [-0.25, -0.2) is 9.59 Å². The van der Waals surface area contributed by atoms with Crippen molar-refractivity contribution in [2.45, 2.75) is 58.6 Å². The number of halogens is 7. The van der Waals surface area contributed by atoms with E-state index in [0.717, 1.165) is 54.1 Å². The first-order chi connectivity index (χ1) is 24.8. The Labute approximate surface area is 321 Å². The fraction of sp³-hybridized carbons (Fsp3) is 0.282. The lowest BCUT2D eigenvalue weighted by molar-refractivity contribution is -0.143. The van der Waals surface area contributed by atoms with E-state index in [1.54, 1.807) is 12.1 Å². The van der Waals surface area contributed by atoms with Crippen molar-refractivity contribution in [1.29, 1.82) is 0 Å². The molecule has 0 aromatic heterocycles. The van der Waals surface area contributed by atoms with Gasteiger partial charge in [0.25, 0.3) is 5.91 Å². The second-order valence-corrected chi connectivity index (χ2v) is 11.5. The molecular weight excluding hydrogens is 758 g/mol. The van der Waals surface area contributed by atoms with Gasteiger partial charge in [-0.05, 0) is 55.7 Å². The number of aromatic carboxylic acids is 1. The molecule has 0 aliphatic heterocycles. The van der Waals surface area contributed by atoms with Crippen molar-refractivity contribution >= 4 is 36.2 Å². The Balaban J connectivity index is 0.000000854. The molecule has 0 saturated carbocycles. The van der Waals surface area contributed by atoms with E-state index in [0.29, 0.717) is 6.42 Å². The molecular formula is C39H43ClF6N2O7. The third kappa shape index (κ3) is 16.2. The maximum atomic E-state index is 13.1. The smallest absolute Gasteiger partial charge is 0.417 e. The zero-order chi connectivity index (χ0) is 39.9. The number of benzene rings is 4.